The normalized spacial score (nSPS) is 15.4. The lowest BCUT2D eigenvalue weighted by Gasteiger charge is -2.25. The number of hydrogen-bond acceptors (Lipinski definition) is 7. The van der Waals surface area contributed by atoms with Gasteiger partial charge in [-0.1, -0.05) is 20.3 Å². The highest BCUT2D eigenvalue weighted by molar-refractivity contribution is 7.89. The summed E-state index contributed by atoms with van der Waals surface area (Å²) in [7, 11) is -3.49. The van der Waals surface area contributed by atoms with Crippen molar-refractivity contribution in [1.29, 1.82) is 0 Å². The maximum atomic E-state index is 12.7. The van der Waals surface area contributed by atoms with Gasteiger partial charge in [-0.05, 0) is 50.2 Å². The first-order valence-electron chi connectivity index (χ1n) is 10.4. The minimum absolute atomic E-state index is 0.116. The average molecular weight is 436 g/mol. The minimum atomic E-state index is -3.49. The van der Waals surface area contributed by atoms with Crippen LogP contribution in [0.25, 0.3) is 11.5 Å². The number of likely N-dealkylation sites (N-methyl/N-ethyl adjacent to an activating group) is 1. The van der Waals surface area contributed by atoms with Crippen LogP contribution in [-0.4, -0.2) is 73.0 Å². The zero-order valence-electron chi connectivity index (χ0n) is 17.5. The van der Waals surface area contributed by atoms with Crippen molar-refractivity contribution in [3.8, 4) is 11.5 Å². The lowest BCUT2D eigenvalue weighted by Crippen LogP contribution is -2.35. The van der Waals surface area contributed by atoms with Gasteiger partial charge in [-0.3, -0.25) is 4.79 Å². The maximum Gasteiger partial charge on any atom is 0.308 e. The van der Waals surface area contributed by atoms with Crippen molar-refractivity contribution in [2.45, 2.75) is 38.0 Å². The summed E-state index contributed by atoms with van der Waals surface area (Å²) < 4.78 is 32.5. The molecule has 1 amide bonds. The SMILES string of the molecule is CCN(CC)CCNC(=O)c1nnc(-c2ccc(S(=O)(=O)N3CCCCC3)cc2)o1. The molecule has 0 unspecified atom stereocenters. The molecule has 0 bridgehead atoms. The van der Waals surface area contributed by atoms with E-state index >= 15 is 0 Å². The van der Waals surface area contributed by atoms with Gasteiger partial charge in [-0.25, -0.2) is 8.42 Å². The van der Waals surface area contributed by atoms with Gasteiger partial charge in [0.05, 0.1) is 4.90 Å². The van der Waals surface area contributed by atoms with Crippen molar-refractivity contribution in [1.82, 2.24) is 24.7 Å². The van der Waals surface area contributed by atoms with Crippen LogP contribution in [0.2, 0.25) is 0 Å². The van der Waals surface area contributed by atoms with E-state index in [1.807, 2.05) is 0 Å². The van der Waals surface area contributed by atoms with Crippen LogP contribution in [0.3, 0.4) is 0 Å². The lowest BCUT2D eigenvalue weighted by molar-refractivity contribution is 0.0915. The first-order chi connectivity index (χ1) is 14.5. The molecule has 0 aliphatic carbocycles. The summed E-state index contributed by atoms with van der Waals surface area (Å²) in [5.74, 6) is -0.370. The fourth-order valence-electron chi connectivity index (χ4n) is 3.40. The number of aromatic nitrogens is 2. The zero-order valence-corrected chi connectivity index (χ0v) is 18.3. The molecule has 10 heteroatoms. The number of rotatable bonds is 9. The number of hydrogen-bond donors (Lipinski definition) is 1. The standard InChI is InChI=1S/C20H29N5O4S/c1-3-24(4-2)15-12-21-18(26)20-23-22-19(29-20)16-8-10-17(11-9-16)30(27,28)25-13-6-5-7-14-25/h8-11H,3-7,12-15H2,1-2H3,(H,21,26). The second-order valence-electron chi connectivity index (χ2n) is 7.18. The number of carbonyl (C=O) groups excluding carboxylic acids is 1. The van der Waals surface area contributed by atoms with Gasteiger partial charge in [0, 0.05) is 31.7 Å². The van der Waals surface area contributed by atoms with Gasteiger partial charge in [-0.2, -0.15) is 4.31 Å². The topological polar surface area (TPSA) is 109 Å². The molecule has 164 valence electrons. The highest BCUT2D eigenvalue weighted by Crippen LogP contribution is 2.24. The van der Waals surface area contributed by atoms with Crippen molar-refractivity contribution < 1.29 is 17.6 Å². The van der Waals surface area contributed by atoms with Crippen molar-refractivity contribution >= 4 is 15.9 Å². The Morgan fingerprint density at radius 1 is 1.10 bits per heavy atom. The van der Waals surface area contributed by atoms with Gasteiger partial charge >= 0.3 is 11.8 Å². The predicted molar refractivity (Wildman–Crippen MR) is 112 cm³/mol. The van der Waals surface area contributed by atoms with Crippen LogP contribution in [0.1, 0.15) is 43.8 Å². The van der Waals surface area contributed by atoms with Crippen molar-refractivity contribution in [2.24, 2.45) is 0 Å². The van der Waals surface area contributed by atoms with E-state index in [9.17, 15) is 13.2 Å². The van der Waals surface area contributed by atoms with Gasteiger partial charge in [0.15, 0.2) is 0 Å². The van der Waals surface area contributed by atoms with Gasteiger partial charge in [0.2, 0.25) is 15.9 Å². The molecule has 1 aromatic heterocycles. The van der Waals surface area contributed by atoms with E-state index in [1.54, 1.807) is 12.1 Å². The summed E-state index contributed by atoms with van der Waals surface area (Å²) in [6.07, 6.45) is 2.84. The molecule has 0 saturated carbocycles. The van der Waals surface area contributed by atoms with Crippen molar-refractivity contribution in [3.63, 3.8) is 0 Å². The second kappa shape index (κ2) is 10.1. The summed E-state index contributed by atoms with van der Waals surface area (Å²) in [4.78, 5) is 14.6. The molecule has 0 atom stereocenters. The second-order valence-corrected chi connectivity index (χ2v) is 9.12. The summed E-state index contributed by atoms with van der Waals surface area (Å²) in [5, 5.41) is 10.5. The van der Waals surface area contributed by atoms with Crippen LogP contribution in [-0.2, 0) is 10.0 Å². The molecule has 1 aliphatic rings. The molecule has 1 aliphatic heterocycles. The number of amides is 1. The van der Waals surface area contributed by atoms with Crippen LogP contribution in [0.15, 0.2) is 33.6 Å². The molecule has 1 saturated heterocycles. The van der Waals surface area contributed by atoms with Gasteiger partial charge in [0.25, 0.3) is 0 Å². The smallest absolute Gasteiger partial charge is 0.308 e. The third-order valence-electron chi connectivity index (χ3n) is 5.28. The van der Waals surface area contributed by atoms with E-state index < -0.39 is 15.9 Å². The molecule has 2 aromatic rings. The summed E-state index contributed by atoms with van der Waals surface area (Å²) in [6, 6.07) is 6.30. The molecule has 0 radical (unpaired) electrons. The predicted octanol–water partition coefficient (Wildman–Crippen LogP) is 1.98. The fraction of sp³-hybridized carbons (Fsp3) is 0.550. The van der Waals surface area contributed by atoms with E-state index in [-0.39, 0.29) is 16.7 Å². The molecule has 0 spiro atoms. The van der Waals surface area contributed by atoms with Gasteiger partial charge < -0.3 is 14.6 Å². The molecule has 3 rings (SSSR count). The number of nitrogens with one attached hydrogen (secondary N) is 1. The first kappa shape index (κ1) is 22.4. The Morgan fingerprint density at radius 3 is 2.40 bits per heavy atom. The van der Waals surface area contributed by atoms with Crippen LogP contribution in [0.4, 0.5) is 0 Å². The first-order valence-corrected chi connectivity index (χ1v) is 11.8. The van der Waals surface area contributed by atoms with Crippen molar-refractivity contribution in [3.05, 3.63) is 30.2 Å². The monoisotopic (exact) mass is 435 g/mol. The van der Waals surface area contributed by atoms with E-state index in [1.165, 1.54) is 16.4 Å². The quantitative estimate of drug-likeness (QED) is 0.641. The van der Waals surface area contributed by atoms with Crippen molar-refractivity contribution in [2.75, 3.05) is 39.3 Å². The number of piperidine rings is 1. The Kier molecular flexibility index (Phi) is 7.57. The Balaban J connectivity index is 1.63. The molecule has 2 heterocycles. The minimum Gasteiger partial charge on any atom is -0.412 e. The average Bonchev–Trinajstić information content (AvgIpc) is 3.28. The number of benzene rings is 1. The highest BCUT2D eigenvalue weighted by Gasteiger charge is 2.26. The molecule has 1 N–H and O–H groups in total. The Morgan fingerprint density at radius 2 is 1.77 bits per heavy atom. The highest BCUT2D eigenvalue weighted by atomic mass is 32.2. The van der Waals surface area contributed by atoms with Crippen LogP contribution in [0, 0.1) is 0 Å². The van der Waals surface area contributed by atoms with E-state index in [2.05, 4.69) is 34.3 Å². The number of nitrogens with zero attached hydrogens (tertiary/aromatic N) is 4. The zero-order chi connectivity index (χ0) is 21.6. The molecule has 1 aromatic carbocycles. The Hall–Kier alpha value is -2.30. The van der Waals surface area contributed by atoms with Crippen LogP contribution >= 0.6 is 0 Å². The fourth-order valence-corrected chi connectivity index (χ4v) is 4.92. The maximum absolute atomic E-state index is 12.7. The van der Waals surface area contributed by atoms with Gasteiger partial charge in [0.1, 0.15) is 0 Å². The number of carbonyl (C=O) groups is 1. The van der Waals surface area contributed by atoms with E-state index in [4.69, 9.17) is 4.42 Å². The molecule has 1 fully saturated rings. The Labute approximate surface area is 177 Å². The molecule has 9 nitrogen and oxygen atoms in total. The molecular weight excluding hydrogens is 406 g/mol. The molecular formula is C20H29N5O4S. The van der Waals surface area contributed by atoms with Crippen LogP contribution < -0.4 is 5.32 Å². The third kappa shape index (κ3) is 5.24. The van der Waals surface area contributed by atoms with Gasteiger partial charge in [-0.15, -0.1) is 10.2 Å². The lowest BCUT2D eigenvalue weighted by atomic mass is 10.2. The van der Waals surface area contributed by atoms with Crippen LogP contribution in [0.5, 0.6) is 0 Å². The van der Waals surface area contributed by atoms with E-state index in [0.717, 1.165) is 38.9 Å². The molecule has 30 heavy (non-hydrogen) atoms. The van der Waals surface area contributed by atoms with E-state index in [0.29, 0.717) is 25.2 Å². The third-order valence-corrected chi connectivity index (χ3v) is 7.19. The largest absolute Gasteiger partial charge is 0.412 e. The summed E-state index contributed by atoms with van der Waals surface area (Å²) >= 11 is 0. The number of sulfonamides is 1. The Bertz CT molecular complexity index is 932. The summed E-state index contributed by atoms with van der Waals surface area (Å²) in [5.41, 5.74) is 0.558. The summed E-state index contributed by atoms with van der Waals surface area (Å²) in [6.45, 7) is 8.31.